The Morgan fingerprint density at radius 2 is 2.31 bits per heavy atom. The Hall–Kier alpha value is -0.420. The molecule has 16 heavy (non-hydrogen) atoms. The maximum atomic E-state index is 5.31. The van der Waals surface area contributed by atoms with Crippen molar-refractivity contribution in [1.82, 2.24) is 10.2 Å². The van der Waals surface area contributed by atoms with E-state index in [4.69, 9.17) is 4.74 Å². The summed E-state index contributed by atoms with van der Waals surface area (Å²) in [6.45, 7) is 7.76. The number of nitrogens with one attached hydrogen (secondary N) is 1. The van der Waals surface area contributed by atoms with Crippen LogP contribution in [0.2, 0.25) is 0 Å². The Labute approximate surface area is 102 Å². The van der Waals surface area contributed by atoms with Gasteiger partial charge in [0.25, 0.3) is 0 Å². The molecule has 0 unspecified atom stereocenters. The fraction of sp³-hybridized carbons (Fsp3) is 0.667. The maximum Gasteiger partial charge on any atom is 0.0593 e. The molecule has 0 spiro atoms. The van der Waals surface area contributed by atoms with Crippen molar-refractivity contribution in [2.45, 2.75) is 13.5 Å². The van der Waals surface area contributed by atoms with Crippen molar-refractivity contribution in [2.75, 3.05) is 39.9 Å². The van der Waals surface area contributed by atoms with Gasteiger partial charge in [0.15, 0.2) is 0 Å². The number of rotatable bonds is 9. The van der Waals surface area contributed by atoms with Gasteiger partial charge in [0, 0.05) is 37.7 Å². The van der Waals surface area contributed by atoms with Gasteiger partial charge in [0.2, 0.25) is 0 Å². The van der Waals surface area contributed by atoms with Crippen LogP contribution in [0, 0.1) is 0 Å². The molecule has 0 aliphatic rings. The molecule has 4 heteroatoms. The Kier molecular flexibility index (Phi) is 7.42. The van der Waals surface area contributed by atoms with Crippen LogP contribution < -0.4 is 5.32 Å². The van der Waals surface area contributed by atoms with Gasteiger partial charge < -0.3 is 15.0 Å². The molecule has 1 aromatic heterocycles. The fourth-order valence-corrected chi connectivity index (χ4v) is 2.05. The number of thiophene rings is 1. The van der Waals surface area contributed by atoms with E-state index in [9.17, 15) is 0 Å². The van der Waals surface area contributed by atoms with Gasteiger partial charge in [-0.1, -0.05) is 6.07 Å². The molecule has 0 aliphatic heterocycles. The zero-order valence-corrected chi connectivity index (χ0v) is 11.1. The van der Waals surface area contributed by atoms with E-state index in [-0.39, 0.29) is 0 Å². The second-order valence-corrected chi connectivity index (χ2v) is 4.79. The van der Waals surface area contributed by atoms with Crippen LogP contribution in [0.25, 0.3) is 0 Å². The molecule has 3 nitrogen and oxygen atoms in total. The molecule has 0 fully saturated rings. The van der Waals surface area contributed by atoms with Crippen molar-refractivity contribution in [3.63, 3.8) is 0 Å². The molecule has 1 heterocycles. The first-order valence-corrected chi connectivity index (χ1v) is 6.70. The van der Waals surface area contributed by atoms with Gasteiger partial charge in [-0.15, -0.1) is 11.3 Å². The molecule has 0 aromatic carbocycles. The lowest BCUT2D eigenvalue weighted by molar-refractivity contribution is 0.122. The van der Waals surface area contributed by atoms with Crippen molar-refractivity contribution >= 4 is 11.3 Å². The third kappa shape index (κ3) is 6.23. The molecular weight excluding hydrogens is 220 g/mol. The maximum absolute atomic E-state index is 5.31. The summed E-state index contributed by atoms with van der Waals surface area (Å²) in [6, 6.07) is 4.26. The minimum atomic E-state index is 0.810. The van der Waals surface area contributed by atoms with Crippen LogP contribution >= 0.6 is 11.3 Å². The van der Waals surface area contributed by atoms with Crippen LogP contribution in [0.15, 0.2) is 17.5 Å². The summed E-state index contributed by atoms with van der Waals surface area (Å²) in [5.41, 5.74) is 0. The van der Waals surface area contributed by atoms with Gasteiger partial charge in [-0.3, -0.25) is 0 Å². The van der Waals surface area contributed by atoms with E-state index in [2.05, 4.69) is 34.8 Å². The third-order valence-electron chi connectivity index (χ3n) is 2.37. The van der Waals surface area contributed by atoms with Gasteiger partial charge in [-0.05, 0) is 25.4 Å². The Morgan fingerprint density at radius 1 is 1.44 bits per heavy atom. The van der Waals surface area contributed by atoms with Crippen LogP contribution in [0.5, 0.6) is 0 Å². The molecule has 92 valence electrons. The van der Waals surface area contributed by atoms with E-state index in [0.717, 1.165) is 39.4 Å². The van der Waals surface area contributed by atoms with E-state index < -0.39 is 0 Å². The highest BCUT2D eigenvalue weighted by Crippen LogP contribution is 2.06. The second-order valence-electron chi connectivity index (χ2n) is 3.76. The summed E-state index contributed by atoms with van der Waals surface area (Å²) in [6.07, 6.45) is 0. The van der Waals surface area contributed by atoms with Crippen LogP contribution in [0.1, 0.15) is 11.8 Å². The zero-order valence-electron chi connectivity index (χ0n) is 10.2. The summed E-state index contributed by atoms with van der Waals surface area (Å²) >= 11 is 1.80. The van der Waals surface area contributed by atoms with Gasteiger partial charge in [-0.2, -0.15) is 0 Å². The van der Waals surface area contributed by atoms with E-state index in [1.165, 1.54) is 4.88 Å². The average molecular weight is 242 g/mol. The first-order chi connectivity index (χ1) is 7.83. The van der Waals surface area contributed by atoms with Crippen molar-refractivity contribution in [3.05, 3.63) is 22.4 Å². The second kappa shape index (κ2) is 8.70. The van der Waals surface area contributed by atoms with Gasteiger partial charge in [0.05, 0.1) is 6.61 Å². The molecule has 0 amide bonds. The molecule has 0 saturated heterocycles. The van der Waals surface area contributed by atoms with E-state index in [1.54, 1.807) is 11.3 Å². The number of ether oxygens (including phenoxy) is 1. The normalized spacial score (nSPS) is 11.2. The largest absolute Gasteiger partial charge is 0.380 e. The van der Waals surface area contributed by atoms with Crippen molar-refractivity contribution < 1.29 is 4.74 Å². The van der Waals surface area contributed by atoms with E-state index in [0.29, 0.717) is 0 Å². The summed E-state index contributed by atoms with van der Waals surface area (Å²) in [5.74, 6) is 0. The Morgan fingerprint density at radius 3 is 3.00 bits per heavy atom. The molecule has 0 aliphatic carbocycles. The Bertz CT molecular complexity index is 252. The minimum Gasteiger partial charge on any atom is -0.380 e. The fourth-order valence-electron chi connectivity index (χ4n) is 1.37. The monoisotopic (exact) mass is 242 g/mol. The van der Waals surface area contributed by atoms with Crippen molar-refractivity contribution in [2.24, 2.45) is 0 Å². The predicted octanol–water partition coefficient (Wildman–Crippen LogP) is 1.81. The van der Waals surface area contributed by atoms with Crippen LogP contribution in [0.3, 0.4) is 0 Å². The van der Waals surface area contributed by atoms with Crippen LogP contribution in [-0.2, 0) is 11.3 Å². The number of hydrogen-bond acceptors (Lipinski definition) is 4. The first-order valence-electron chi connectivity index (χ1n) is 5.82. The molecule has 1 N–H and O–H groups in total. The molecule has 0 radical (unpaired) electrons. The lowest BCUT2D eigenvalue weighted by Gasteiger charge is -2.16. The van der Waals surface area contributed by atoms with Gasteiger partial charge >= 0.3 is 0 Å². The molecule has 0 atom stereocenters. The number of nitrogens with zero attached hydrogens (tertiary/aromatic N) is 1. The predicted molar refractivity (Wildman–Crippen MR) is 70.0 cm³/mol. The summed E-state index contributed by atoms with van der Waals surface area (Å²) in [4.78, 5) is 3.69. The van der Waals surface area contributed by atoms with Gasteiger partial charge in [-0.25, -0.2) is 0 Å². The lowest BCUT2D eigenvalue weighted by atomic mass is 10.4. The lowest BCUT2D eigenvalue weighted by Crippen LogP contribution is -2.31. The summed E-state index contributed by atoms with van der Waals surface area (Å²) < 4.78 is 5.31. The van der Waals surface area contributed by atoms with E-state index in [1.807, 2.05) is 6.92 Å². The molecule has 1 rings (SSSR count). The highest BCUT2D eigenvalue weighted by Gasteiger charge is 1.98. The summed E-state index contributed by atoms with van der Waals surface area (Å²) in [5, 5.41) is 5.55. The first kappa shape index (κ1) is 13.6. The van der Waals surface area contributed by atoms with Crippen molar-refractivity contribution in [1.29, 1.82) is 0 Å². The van der Waals surface area contributed by atoms with Gasteiger partial charge in [0.1, 0.15) is 0 Å². The third-order valence-corrected chi connectivity index (χ3v) is 3.25. The molecular formula is C12H22N2OS. The SMILES string of the molecule is CCOCCN(C)CCNCc1cccs1. The van der Waals surface area contributed by atoms with E-state index >= 15 is 0 Å². The topological polar surface area (TPSA) is 24.5 Å². The standard InChI is InChI=1S/C12H22N2OS/c1-3-15-9-8-14(2)7-6-13-11-12-5-4-10-16-12/h4-5,10,13H,3,6-9,11H2,1-2H3. The number of hydrogen-bond donors (Lipinski definition) is 1. The smallest absolute Gasteiger partial charge is 0.0593 e. The molecule has 1 aromatic rings. The van der Waals surface area contributed by atoms with Crippen molar-refractivity contribution in [3.8, 4) is 0 Å². The Balaban J connectivity index is 1.94. The molecule has 0 bridgehead atoms. The average Bonchev–Trinajstić information content (AvgIpc) is 2.78. The highest BCUT2D eigenvalue weighted by molar-refractivity contribution is 7.09. The summed E-state index contributed by atoms with van der Waals surface area (Å²) in [7, 11) is 2.13. The highest BCUT2D eigenvalue weighted by atomic mass is 32.1. The number of likely N-dealkylation sites (N-methyl/N-ethyl adjacent to an activating group) is 1. The van der Waals surface area contributed by atoms with Crippen LogP contribution in [0.4, 0.5) is 0 Å². The molecule has 0 saturated carbocycles. The zero-order chi connectivity index (χ0) is 11.6. The van der Waals surface area contributed by atoms with Crippen LogP contribution in [-0.4, -0.2) is 44.8 Å². The quantitative estimate of drug-likeness (QED) is 0.668. The minimum absolute atomic E-state index is 0.810.